The summed E-state index contributed by atoms with van der Waals surface area (Å²) in [6, 6.07) is 0.798. The van der Waals surface area contributed by atoms with Gasteiger partial charge in [0.2, 0.25) is 0 Å². The van der Waals surface area contributed by atoms with Gasteiger partial charge in [0.05, 0.1) is 0 Å². The lowest BCUT2D eigenvalue weighted by Gasteiger charge is -2.24. The molecule has 1 unspecified atom stereocenters. The highest BCUT2D eigenvalue weighted by Gasteiger charge is 2.07. The normalized spacial score (nSPS) is 14.4. The standard InChI is InChI=1S/C7H16N2/c1-6(2)9(4)7(3)5-8/h5-8H,1-4H3. The van der Waals surface area contributed by atoms with Crippen LogP contribution in [0.2, 0.25) is 0 Å². The zero-order valence-electron chi connectivity index (χ0n) is 6.68. The van der Waals surface area contributed by atoms with Crippen molar-refractivity contribution in [2.45, 2.75) is 32.9 Å². The fraction of sp³-hybridized carbons (Fsp3) is 0.857. The van der Waals surface area contributed by atoms with Crippen LogP contribution in [-0.4, -0.2) is 30.2 Å². The van der Waals surface area contributed by atoms with Gasteiger partial charge in [0, 0.05) is 18.3 Å². The van der Waals surface area contributed by atoms with E-state index in [2.05, 4.69) is 18.7 Å². The summed E-state index contributed by atoms with van der Waals surface area (Å²) in [7, 11) is 2.03. The summed E-state index contributed by atoms with van der Waals surface area (Å²) >= 11 is 0. The first kappa shape index (κ1) is 8.63. The van der Waals surface area contributed by atoms with Crippen molar-refractivity contribution in [2.75, 3.05) is 7.05 Å². The predicted molar refractivity (Wildman–Crippen MR) is 41.1 cm³/mol. The van der Waals surface area contributed by atoms with E-state index in [0.717, 1.165) is 0 Å². The fourth-order valence-electron chi connectivity index (χ4n) is 0.588. The summed E-state index contributed by atoms with van der Waals surface area (Å²) in [6.45, 7) is 6.27. The molecule has 0 aliphatic heterocycles. The Morgan fingerprint density at radius 3 is 1.89 bits per heavy atom. The molecular weight excluding hydrogens is 112 g/mol. The number of hydrogen-bond acceptors (Lipinski definition) is 2. The van der Waals surface area contributed by atoms with Gasteiger partial charge in [-0.3, -0.25) is 4.90 Å². The highest BCUT2D eigenvalue weighted by molar-refractivity contribution is 5.59. The van der Waals surface area contributed by atoms with Crippen molar-refractivity contribution in [1.29, 1.82) is 5.41 Å². The summed E-state index contributed by atoms with van der Waals surface area (Å²) < 4.78 is 0. The maximum Gasteiger partial charge on any atom is 0.0415 e. The van der Waals surface area contributed by atoms with Crippen molar-refractivity contribution in [3.8, 4) is 0 Å². The Kier molecular flexibility index (Phi) is 3.47. The Labute approximate surface area is 57.4 Å². The van der Waals surface area contributed by atoms with Crippen molar-refractivity contribution < 1.29 is 0 Å². The van der Waals surface area contributed by atoms with Gasteiger partial charge in [0.25, 0.3) is 0 Å². The minimum absolute atomic E-state index is 0.269. The van der Waals surface area contributed by atoms with Crippen molar-refractivity contribution in [3.05, 3.63) is 0 Å². The second-order valence-corrected chi connectivity index (χ2v) is 2.67. The van der Waals surface area contributed by atoms with Crippen molar-refractivity contribution >= 4 is 6.21 Å². The largest absolute Gasteiger partial charge is 0.311 e. The molecule has 1 atom stereocenters. The zero-order valence-corrected chi connectivity index (χ0v) is 6.68. The van der Waals surface area contributed by atoms with E-state index in [1.54, 1.807) is 0 Å². The molecule has 0 spiro atoms. The predicted octanol–water partition coefficient (Wildman–Crippen LogP) is 1.36. The van der Waals surface area contributed by atoms with Crippen LogP contribution in [0.3, 0.4) is 0 Å². The molecule has 0 radical (unpaired) electrons. The van der Waals surface area contributed by atoms with E-state index in [0.29, 0.717) is 6.04 Å². The van der Waals surface area contributed by atoms with E-state index >= 15 is 0 Å². The minimum Gasteiger partial charge on any atom is -0.311 e. The lowest BCUT2D eigenvalue weighted by Crippen LogP contribution is -2.35. The van der Waals surface area contributed by atoms with E-state index in [1.807, 2.05) is 14.0 Å². The summed E-state index contributed by atoms with van der Waals surface area (Å²) in [5, 5.41) is 6.97. The van der Waals surface area contributed by atoms with Crippen LogP contribution in [-0.2, 0) is 0 Å². The van der Waals surface area contributed by atoms with Gasteiger partial charge in [-0.05, 0) is 27.8 Å². The number of nitrogens with one attached hydrogen (secondary N) is 1. The minimum atomic E-state index is 0.269. The molecule has 0 saturated carbocycles. The molecule has 0 rings (SSSR count). The molecule has 0 amide bonds. The maximum atomic E-state index is 6.97. The van der Waals surface area contributed by atoms with Gasteiger partial charge in [-0.15, -0.1) is 0 Å². The summed E-state index contributed by atoms with van der Waals surface area (Å²) in [5.41, 5.74) is 0. The molecule has 1 N–H and O–H groups in total. The smallest absolute Gasteiger partial charge is 0.0415 e. The Morgan fingerprint density at radius 2 is 1.78 bits per heavy atom. The zero-order chi connectivity index (χ0) is 7.44. The Hall–Kier alpha value is -0.370. The highest BCUT2D eigenvalue weighted by atomic mass is 15.1. The van der Waals surface area contributed by atoms with Crippen LogP contribution in [0.1, 0.15) is 20.8 Å². The molecule has 0 bridgehead atoms. The van der Waals surface area contributed by atoms with E-state index < -0.39 is 0 Å². The summed E-state index contributed by atoms with van der Waals surface area (Å²) in [5.74, 6) is 0. The van der Waals surface area contributed by atoms with Crippen LogP contribution in [0, 0.1) is 5.41 Å². The van der Waals surface area contributed by atoms with Gasteiger partial charge in [0.1, 0.15) is 0 Å². The molecule has 54 valence electrons. The van der Waals surface area contributed by atoms with E-state index in [4.69, 9.17) is 5.41 Å². The van der Waals surface area contributed by atoms with Gasteiger partial charge < -0.3 is 5.41 Å². The van der Waals surface area contributed by atoms with Gasteiger partial charge >= 0.3 is 0 Å². The Balaban J connectivity index is 3.71. The van der Waals surface area contributed by atoms with Crippen LogP contribution < -0.4 is 0 Å². The third kappa shape index (κ3) is 2.61. The van der Waals surface area contributed by atoms with Crippen LogP contribution in [0.5, 0.6) is 0 Å². The van der Waals surface area contributed by atoms with Crippen molar-refractivity contribution in [3.63, 3.8) is 0 Å². The average molecular weight is 128 g/mol. The summed E-state index contributed by atoms with van der Waals surface area (Å²) in [4.78, 5) is 2.15. The van der Waals surface area contributed by atoms with E-state index in [-0.39, 0.29) is 6.04 Å². The molecule has 0 aromatic heterocycles. The first-order valence-corrected chi connectivity index (χ1v) is 3.32. The molecule has 9 heavy (non-hydrogen) atoms. The first-order valence-electron chi connectivity index (χ1n) is 3.32. The fourth-order valence-corrected chi connectivity index (χ4v) is 0.588. The Bertz CT molecular complexity index is 88.9. The first-order chi connectivity index (χ1) is 4.09. The molecule has 0 aromatic carbocycles. The molecule has 0 aliphatic carbocycles. The van der Waals surface area contributed by atoms with E-state index in [9.17, 15) is 0 Å². The van der Waals surface area contributed by atoms with E-state index in [1.165, 1.54) is 6.21 Å². The summed E-state index contributed by atoms with van der Waals surface area (Å²) in [6.07, 6.45) is 1.46. The SMILES string of the molecule is CC(C)N(C)C(C)C=N. The van der Waals surface area contributed by atoms with Crippen molar-refractivity contribution in [1.82, 2.24) is 4.90 Å². The topological polar surface area (TPSA) is 27.1 Å². The van der Waals surface area contributed by atoms with Gasteiger partial charge in [-0.25, -0.2) is 0 Å². The molecule has 2 heteroatoms. The van der Waals surface area contributed by atoms with Crippen LogP contribution >= 0.6 is 0 Å². The highest BCUT2D eigenvalue weighted by Crippen LogP contribution is 1.97. The van der Waals surface area contributed by atoms with Gasteiger partial charge in [-0.1, -0.05) is 0 Å². The third-order valence-corrected chi connectivity index (χ3v) is 1.70. The van der Waals surface area contributed by atoms with Crippen LogP contribution in [0.15, 0.2) is 0 Å². The average Bonchev–Trinajstić information content (AvgIpc) is 1.84. The number of hydrogen-bond donors (Lipinski definition) is 1. The quantitative estimate of drug-likeness (QED) is 0.571. The molecule has 0 saturated heterocycles. The van der Waals surface area contributed by atoms with Gasteiger partial charge in [0.15, 0.2) is 0 Å². The number of nitrogens with zero attached hydrogens (tertiary/aromatic N) is 1. The van der Waals surface area contributed by atoms with Gasteiger partial charge in [-0.2, -0.15) is 0 Å². The maximum absolute atomic E-state index is 6.97. The molecule has 2 nitrogen and oxygen atoms in total. The second-order valence-electron chi connectivity index (χ2n) is 2.67. The number of rotatable bonds is 3. The monoisotopic (exact) mass is 128 g/mol. The lowest BCUT2D eigenvalue weighted by molar-refractivity contribution is 0.256. The van der Waals surface area contributed by atoms with Crippen LogP contribution in [0.4, 0.5) is 0 Å². The molecule has 0 fully saturated rings. The van der Waals surface area contributed by atoms with Crippen molar-refractivity contribution in [2.24, 2.45) is 0 Å². The molecule has 0 aromatic rings. The second kappa shape index (κ2) is 3.62. The molecular formula is C7H16N2. The molecule has 0 heterocycles. The Morgan fingerprint density at radius 1 is 1.33 bits per heavy atom. The third-order valence-electron chi connectivity index (χ3n) is 1.70. The lowest BCUT2D eigenvalue weighted by atomic mass is 10.2. The molecule has 0 aliphatic rings. The van der Waals surface area contributed by atoms with Crippen LogP contribution in [0.25, 0.3) is 0 Å².